The number of hydrogen-bond donors (Lipinski definition) is 2. The van der Waals surface area contributed by atoms with E-state index < -0.39 is 5.41 Å². The Labute approximate surface area is 128 Å². The largest absolute Gasteiger partial charge is 0.329 e. The normalized spacial score (nSPS) is 11.7. The van der Waals surface area contributed by atoms with E-state index in [2.05, 4.69) is 36.4 Å². The molecule has 0 fully saturated rings. The van der Waals surface area contributed by atoms with E-state index in [1.165, 1.54) is 5.56 Å². The van der Waals surface area contributed by atoms with E-state index in [1.54, 1.807) is 0 Å². The van der Waals surface area contributed by atoms with Crippen LogP contribution in [0.5, 0.6) is 0 Å². The summed E-state index contributed by atoms with van der Waals surface area (Å²) < 4.78 is 0. The van der Waals surface area contributed by atoms with E-state index in [9.17, 15) is 4.79 Å². The van der Waals surface area contributed by atoms with Crippen LogP contribution in [0, 0.1) is 5.41 Å². The molecule has 0 saturated heterocycles. The van der Waals surface area contributed by atoms with E-state index in [1.807, 2.05) is 26.0 Å². The van der Waals surface area contributed by atoms with Gasteiger partial charge >= 0.3 is 0 Å². The van der Waals surface area contributed by atoms with Gasteiger partial charge in [-0.05, 0) is 51.1 Å². The Hall–Kier alpha value is -1.39. The summed E-state index contributed by atoms with van der Waals surface area (Å²) in [6.45, 7) is 5.43. The fraction of sp³-hybridized carbons (Fsp3) is 0.588. The van der Waals surface area contributed by atoms with Crippen LogP contribution in [0.4, 0.5) is 5.69 Å². The van der Waals surface area contributed by atoms with Crippen LogP contribution in [0.2, 0.25) is 0 Å². The second kappa shape index (κ2) is 8.15. The summed E-state index contributed by atoms with van der Waals surface area (Å²) >= 11 is 0. The zero-order valence-corrected chi connectivity index (χ0v) is 13.8. The number of anilines is 1. The van der Waals surface area contributed by atoms with Gasteiger partial charge in [0, 0.05) is 18.8 Å². The maximum Gasteiger partial charge on any atom is 0.231 e. The van der Waals surface area contributed by atoms with Crippen molar-refractivity contribution in [3.8, 4) is 0 Å². The third-order valence-electron chi connectivity index (χ3n) is 4.29. The van der Waals surface area contributed by atoms with Gasteiger partial charge in [0.05, 0.1) is 5.41 Å². The number of benzene rings is 1. The Morgan fingerprint density at radius 1 is 1.19 bits per heavy atom. The van der Waals surface area contributed by atoms with E-state index >= 15 is 0 Å². The summed E-state index contributed by atoms with van der Waals surface area (Å²) in [4.78, 5) is 14.6. The molecule has 0 aromatic heterocycles. The SMILES string of the molecule is CCC(CC)(CN)C(=O)Nc1ccc(CCN(C)C)cc1. The van der Waals surface area contributed by atoms with E-state index in [0.29, 0.717) is 6.54 Å². The second-order valence-corrected chi connectivity index (χ2v) is 5.90. The average Bonchev–Trinajstić information content (AvgIpc) is 2.49. The van der Waals surface area contributed by atoms with E-state index in [-0.39, 0.29) is 5.91 Å². The highest BCUT2D eigenvalue weighted by Gasteiger charge is 2.33. The molecule has 3 N–H and O–H groups in total. The molecule has 0 bridgehead atoms. The quantitative estimate of drug-likeness (QED) is 0.773. The minimum atomic E-state index is -0.455. The molecule has 118 valence electrons. The summed E-state index contributed by atoms with van der Waals surface area (Å²) in [5.41, 5.74) is 7.47. The zero-order valence-electron chi connectivity index (χ0n) is 13.8. The van der Waals surface area contributed by atoms with Crippen molar-refractivity contribution in [1.29, 1.82) is 0 Å². The smallest absolute Gasteiger partial charge is 0.231 e. The van der Waals surface area contributed by atoms with Crippen molar-refractivity contribution in [3.05, 3.63) is 29.8 Å². The van der Waals surface area contributed by atoms with Crippen molar-refractivity contribution in [2.45, 2.75) is 33.1 Å². The number of nitrogens with zero attached hydrogens (tertiary/aromatic N) is 1. The predicted octanol–water partition coefficient (Wildman–Crippen LogP) is 2.49. The third kappa shape index (κ3) is 4.83. The van der Waals surface area contributed by atoms with Gasteiger partial charge in [0.25, 0.3) is 0 Å². The van der Waals surface area contributed by atoms with Gasteiger partial charge in [-0.3, -0.25) is 4.79 Å². The summed E-state index contributed by atoms with van der Waals surface area (Å²) in [6.07, 6.45) is 2.53. The lowest BCUT2D eigenvalue weighted by molar-refractivity contribution is -0.125. The average molecular weight is 291 g/mol. The van der Waals surface area contributed by atoms with Gasteiger partial charge in [-0.15, -0.1) is 0 Å². The standard InChI is InChI=1S/C17H29N3O/c1-5-17(6-2,13-18)16(21)19-15-9-7-14(8-10-15)11-12-20(3)4/h7-10H,5-6,11-13,18H2,1-4H3,(H,19,21). The molecule has 1 rings (SSSR count). The molecule has 0 aliphatic carbocycles. The first-order valence-electron chi connectivity index (χ1n) is 7.72. The Kier molecular flexibility index (Phi) is 6.85. The lowest BCUT2D eigenvalue weighted by Crippen LogP contribution is -2.41. The molecule has 0 atom stereocenters. The number of amides is 1. The molecule has 1 amide bonds. The van der Waals surface area contributed by atoms with Crippen LogP contribution in [0.25, 0.3) is 0 Å². The molecule has 1 aromatic rings. The van der Waals surface area contributed by atoms with Gasteiger partial charge in [0.15, 0.2) is 0 Å². The summed E-state index contributed by atoms with van der Waals surface area (Å²) in [5.74, 6) is 0.0241. The number of nitrogens with two attached hydrogens (primary N) is 1. The Balaban J connectivity index is 2.69. The highest BCUT2D eigenvalue weighted by Crippen LogP contribution is 2.27. The molecule has 4 nitrogen and oxygen atoms in total. The molecule has 4 heteroatoms. The Bertz CT molecular complexity index is 428. The van der Waals surface area contributed by atoms with Crippen LogP contribution in [-0.4, -0.2) is 38.0 Å². The molecule has 0 saturated carbocycles. The lowest BCUT2D eigenvalue weighted by Gasteiger charge is -2.28. The second-order valence-electron chi connectivity index (χ2n) is 5.90. The Morgan fingerprint density at radius 2 is 1.76 bits per heavy atom. The van der Waals surface area contributed by atoms with Gasteiger partial charge in [0.2, 0.25) is 5.91 Å². The number of nitrogens with one attached hydrogen (secondary N) is 1. The molecule has 0 spiro atoms. The molecule has 0 unspecified atom stereocenters. The predicted molar refractivity (Wildman–Crippen MR) is 89.4 cm³/mol. The highest BCUT2D eigenvalue weighted by molar-refractivity contribution is 5.95. The minimum absolute atomic E-state index is 0.0241. The van der Waals surface area contributed by atoms with Gasteiger partial charge in [-0.25, -0.2) is 0 Å². The monoisotopic (exact) mass is 291 g/mol. The van der Waals surface area contributed by atoms with Crippen LogP contribution >= 0.6 is 0 Å². The topological polar surface area (TPSA) is 58.4 Å². The molecule has 1 aromatic carbocycles. The van der Waals surface area contributed by atoms with Crippen LogP contribution in [0.3, 0.4) is 0 Å². The molecule has 0 heterocycles. The molecule has 21 heavy (non-hydrogen) atoms. The van der Waals surface area contributed by atoms with E-state index in [0.717, 1.165) is 31.5 Å². The number of carbonyl (C=O) groups is 1. The van der Waals surface area contributed by atoms with Crippen molar-refractivity contribution in [2.75, 3.05) is 32.5 Å². The molecule has 0 aliphatic heterocycles. The summed E-state index contributed by atoms with van der Waals surface area (Å²) in [7, 11) is 4.13. The highest BCUT2D eigenvalue weighted by atomic mass is 16.2. The molecule has 0 radical (unpaired) electrons. The molecular weight excluding hydrogens is 262 g/mol. The molecular formula is C17H29N3O. The maximum atomic E-state index is 12.4. The fourth-order valence-corrected chi connectivity index (χ4v) is 2.32. The number of likely N-dealkylation sites (N-methyl/N-ethyl adjacent to an activating group) is 1. The van der Waals surface area contributed by atoms with Crippen molar-refractivity contribution >= 4 is 11.6 Å². The van der Waals surface area contributed by atoms with Crippen LogP contribution in [0.15, 0.2) is 24.3 Å². The number of rotatable bonds is 8. The maximum absolute atomic E-state index is 12.4. The lowest BCUT2D eigenvalue weighted by atomic mass is 9.81. The zero-order chi connectivity index (χ0) is 15.9. The van der Waals surface area contributed by atoms with Crippen molar-refractivity contribution < 1.29 is 4.79 Å². The summed E-state index contributed by atoms with van der Waals surface area (Å²) in [6, 6.07) is 8.08. The fourth-order valence-electron chi connectivity index (χ4n) is 2.32. The van der Waals surface area contributed by atoms with Crippen LogP contribution < -0.4 is 11.1 Å². The first kappa shape index (κ1) is 17.7. The third-order valence-corrected chi connectivity index (χ3v) is 4.29. The van der Waals surface area contributed by atoms with Gasteiger partial charge in [0.1, 0.15) is 0 Å². The van der Waals surface area contributed by atoms with Crippen molar-refractivity contribution in [1.82, 2.24) is 4.90 Å². The van der Waals surface area contributed by atoms with Gasteiger partial charge < -0.3 is 16.0 Å². The number of hydrogen-bond acceptors (Lipinski definition) is 3. The number of carbonyl (C=O) groups excluding carboxylic acids is 1. The molecule has 0 aliphatic rings. The van der Waals surface area contributed by atoms with Gasteiger partial charge in [-0.1, -0.05) is 26.0 Å². The van der Waals surface area contributed by atoms with Crippen LogP contribution in [0.1, 0.15) is 32.3 Å². The first-order valence-corrected chi connectivity index (χ1v) is 7.72. The van der Waals surface area contributed by atoms with E-state index in [4.69, 9.17) is 5.73 Å². The van der Waals surface area contributed by atoms with Crippen molar-refractivity contribution in [3.63, 3.8) is 0 Å². The van der Waals surface area contributed by atoms with Crippen molar-refractivity contribution in [2.24, 2.45) is 11.1 Å². The van der Waals surface area contributed by atoms with Gasteiger partial charge in [-0.2, -0.15) is 0 Å². The minimum Gasteiger partial charge on any atom is -0.329 e. The van der Waals surface area contributed by atoms with Crippen LogP contribution in [-0.2, 0) is 11.2 Å². The summed E-state index contributed by atoms with van der Waals surface area (Å²) in [5, 5.41) is 3.00. The Morgan fingerprint density at radius 3 is 2.19 bits per heavy atom. The first-order chi connectivity index (χ1) is 9.97.